The fraction of sp³-hybridized carbons (Fsp3) is 0.243. The van der Waals surface area contributed by atoms with Crippen LogP contribution in [0.5, 0.6) is 5.75 Å². The Morgan fingerprint density at radius 3 is 2.43 bits per heavy atom. The summed E-state index contributed by atoms with van der Waals surface area (Å²) < 4.78 is 15.2. The molecule has 4 aliphatic rings. The third-order valence-corrected chi connectivity index (χ3v) is 11.6. The van der Waals surface area contributed by atoms with E-state index < -0.39 is 58.4 Å². The number of amides is 4. The molecule has 2 saturated heterocycles. The molecule has 10 heteroatoms. The van der Waals surface area contributed by atoms with Crippen molar-refractivity contribution in [2.45, 2.75) is 30.7 Å². The Balaban J connectivity index is 1.35. The van der Waals surface area contributed by atoms with Gasteiger partial charge in [0.25, 0.3) is 0 Å². The van der Waals surface area contributed by atoms with E-state index in [1.807, 2.05) is 23.6 Å². The highest BCUT2D eigenvalue weighted by Gasteiger charge is 2.70. The van der Waals surface area contributed by atoms with Crippen molar-refractivity contribution >= 4 is 52.3 Å². The average Bonchev–Trinajstić information content (AvgIpc) is 3.74. The first-order valence-corrected chi connectivity index (χ1v) is 16.7. The van der Waals surface area contributed by atoms with Gasteiger partial charge in [-0.3, -0.25) is 24.1 Å². The summed E-state index contributed by atoms with van der Waals surface area (Å²) in [5, 5.41) is 13.5. The third-order valence-electron chi connectivity index (χ3n) is 10.5. The van der Waals surface area contributed by atoms with Crippen molar-refractivity contribution < 1.29 is 28.7 Å². The third kappa shape index (κ3) is 4.22. The van der Waals surface area contributed by atoms with Crippen LogP contribution in [-0.2, 0) is 31.1 Å². The first-order chi connectivity index (χ1) is 22.7. The molecule has 2 aliphatic heterocycles. The van der Waals surface area contributed by atoms with E-state index in [0.29, 0.717) is 21.8 Å². The van der Waals surface area contributed by atoms with Crippen LogP contribution in [0, 0.1) is 29.5 Å². The molecule has 6 atom stereocenters. The number of nitrogens with zero attached hydrogens (tertiary/aromatic N) is 2. The van der Waals surface area contributed by atoms with Gasteiger partial charge < -0.3 is 5.11 Å². The number of anilines is 1. The Hall–Kier alpha value is -4.60. The molecule has 0 spiro atoms. The molecule has 4 amide bonds. The van der Waals surface area contributed by atoms with E-state index in [-0.39, 0.29) is 36.8 Å². The number of fused-ring (bicyclic) bond motifs is 4. The van der Waals surface area contributed by atoms with Gasteiger partial charge in [0.1, 0.15) is 0 Å². The number of para-hydroxylation sites is 1. The topological polar surface area (TPSA) is 95.0 Å². The van der Waals surface area contributed by atoms with Crippen molar-refractivity contribution in [1.29, 1.82) is 0 Å². The molecule has 3 fully saturated rings. The van der Waals surface area contributed by atoms with Gasteiger partial charge >= 0.3 is 0 Å². The van der Waals surface area contributed by atoms with E-state index >= 15 is 9.18 Å². The number of allylic oxidation sites excluding steroid dienone is 2. The summed E-state index contributed by atoms with van der Waals surface area (Å²) in [6.45, 7) is 0.163. The number of benzene rings is 3. The van der Waals surface area contributed by atoms with Crippen LogP contribution < -0.4 is 4.90 Å². The van der Waals surface area contributed by atoms with Crippen LogP contribution in [0.3, 0.4) is 0 Å². The van der Waals surface area contributed by atoms with Crippen LogP contribution >= 0.6 is 22.9 Å². The maximum absolute atomic E-state index is 15.2. The predicted octanol–water partition coefficient (Wildman–Crippen LogP) is 6.61. The Kier molecular flexibility index (Phi) is 6.97. The molecule has 1 N–H and O–H groups in total. The minimum absolute atomic E-state index is 0.113. The monoisotopic (exact) mass is 666 g/mol. The fourth-order valence-electron chi connectivity index (χ4n) is 8.63. The predicted molar refractivity (Wildman–Crippen MR) is 174 cm³/mol. The van der Waals surface area contributed by atoms with Gasteiger partial charge in [-0.15, -0.1) is 11.3 Å². The van der Waals surface area contributed by atoms with Crippen molar-refractivity contribution in [1.82, 2.24) is 4.90 Å². The van der Waals surface area contributed by atoms with Crippen LogP contribution in [0.4, 0.5) is 10.1 Å². The first-order valence-electron chi connectivity index (χ1n) is 15.5. The average molecular weight is 667 g/mol. The van der Waals surface area contributed by atoms with E-state index in [1.54, 1.807) is 60.7 Å². The van der Waals surface area contributed by atoms with E-state index in [0.717, 1.165) is 15.8 Å². The van der Waals surface area contributed by atoms with Gasteiger partial charge in [0.15, 0.2) is 11.6 Å². The van der Waals surface area contributed by atoms with Gasteiger partial charge in [0.05, 0.1) is 35.4 Å². The first kappa shape index (κ1) is 29.8. The van der Waals surface area contributed by atoms with E-state index in [2.05, 4.69) is 0 Å². The lowest BCUT2D eigenvalue weighted by Gasteiger charge is -2.50. The summed E-state index contributed by atoms with van der Waals surface area (Å²) in [5.41, 5.74) is 0.0401. The zero-order chi connectivity index (χ0) is 32.6. The Morgan fingerprint density at radius 2 is 1.68 bits per heavy atom. The number of imide groups is 2. The van der Waals surface area contributed by atoms with E-state index in [4.69, 9.17) is 11.6 Å². The van der Waals surface area contributed by atoms with E-state index in [9.17, 15) is 19.5 Å². The molecule has 3 heterocycles. The van der Waals surface area contributed by atoms with Crippen LogP contribution in [0.2, 0.25) is 5.02 Å². The smallest absolute Gasteiger partial charge is 0.246 e. The van der Waals surface area contributed by atoms with Gasteiger partial charge in [-0.05, 0) is 60.0 Å². The molecule has 0 bridgehead atoms. The molecule has 6 unspecified atom stereocenters. The van der Waals surface area contributed by atoms with Crippen molar-refractivity contribution in [3.8, 4) is 5.75 Å². The Bertz CT molecular complexity index is 2000. The molecular weight excluding hydrogens is 639 g/mol. The maximum Gasteiger partial charge on any atom is 0.246 e. The zero-order valence-corrected chi connectivity index (χ0v) is 26.5. The quantitative estimate of drug-likeness (QED) is 0.191. The minimum Gasteiger partial charge on any atom is -0.505 e. The molecule has 7 nitrogen and oxygen atoms in total. The summed E-state index contributed by atoms with van der Waals surface area (Å²) in [6.07, 6.45) is 2.24. The molecule has 3 aromatic carbocycles. The lowest BCUT2D eigenvalue weighted by molar-refractivity contribution is -0.141. The number of phenols is 1. The molecule has 8 rings (SSSR count). The highest BCUT2D eigenvalue weighted by Crippen LogP contribution is 2.65. The van der Waals surface area contributed by atoms with Crippen molar-refractivity contribution in [2.75, 3.05) is 4.90 Å². The van der Waals surface area contributed by atoms with Crippen LogP contribution in [0.1, 0.15) is 34.8 Å². The minimum atomic E-state index is -1.59. The van der Waals surface area contributed by atoms with Crippen LogP contribution in [0.15, 0.2) is 102 Å². The Labute approximate surface area is 278 Å². The maximum atomic E-state index is 15.2. The number of likely N-dealkylation sites (tertiary alicyclic amines) is 1. The Morgan fingerprint density at radius 1 is 0.894 bits per heavy atom. The lowest BCUT2D eigenvalue weighted by atomic mass is 9.49. The number of hydrogen-bond acceptors (Lipinski definition) is 6. The number of rotatable bonds is 5. The second-order valence-electron chi connectivity index (χ2n) is 12.6. The normalized spacial score (nSPS) is 28.3. The van der Waals surface area contributed by atoms with Crippen molar-refractivity contribution in [2.24, 2.45) is 23.7 Å². The standard InChI is InChI=1S/C37H28ClFN2O5S/c38-21-9-4-10-22(17-21)41-34(44)28-18-27-24(14-15-25-30(27)35(45)40(33(25)43)19-23-11-6-16-47-23)31(26-12-5-13-29(39)32(26)42)37(28,36(41)46)20-7-2-1-3-8-20/h1-14,16-17,25,27-28,30-31,42H,15,18-19H2. The SMILES string of the molecule is O=C1C2CC=C3C(CC4C(=O)N(c5cccc(Cl)c5)C(=O)C4(c4ccccc4)C3c3cccc(F)c3O)C2C(=O)N1Cc1cccs1. The van der Waals surface area contributed by atoms with Gasteiger partial charge in [-0.2, -0.15) is 0 Å². The highest BCUT2D eigenvalue weighted by atomic mass is 35.5. The lowest BCUT2D eigenvalue weighted by Crippen LogP contribution is -2.53. The van der Waals surface area contributed by atoms with E-state index in [1.165, 1.54) is 22.3 Å². The number of aromatic hydroxyl groups is 1. The molecule has 2 aliphatic carbocycles. The number of thiophene rings is 1. The summed E-state index contributed by atoms with van der Waals surface area (Å²) in [4.78, 5) is 61.1. The number of halogens is 2. The summed E-state index contributed by atoms with van der Waals surface area (Å²) in [7, 11) is 0. The molecule has 4 aromatic rings. The molecule has 1 saturated carbocycles. The van der Waals surface area contributed by atoms with Crippen LogP contribution in [0.25, 0.3) is 0 Å². The highest BCUT2D eigenvalue weighted by molar-refractivity contribution is 7.09. The number of carbonyl (C=O) groups excluding carboxylic acids is 4. The number of carbonyl (C=O) groups is 4. The fourth-order valence-corrected chi connectivity index (χ4v) is 9.51. The molecule has 47 heavy (non-hydrogen) atoms. The van der Waals surface area contributed by atoms with Gasteiger partial charge in [0, 0.05) is 21.4 Å². The van der Waals surface area contributed by atoms with Gasteiger partial charge in [-0.25, -0.2) is 9.29 Å². The van der Waals surface area contributed by atoms with Crippen molar-refractivity contribution in [3.05, 3.63) is 129 Å². The molecular formula is C37H28ClFN2O5S. The molecule has 1 aromatic heterocycles. The number of hydrogen-bond donors (Lipinski definition) is 1. The van der Waals surface area contributed by atoms with Gasteiger partial charge in [0.2, 0.25) is 23.6 Å². The number of phenolic OH excluding ortho intramolecular Hbond substituents is 1. The van der Waals surface area contributed by atoms with Crippen LogP contribution in [-0.4, -0.2) is 33.6 Å². The van der Waals surface area contributed by atoms with Crippen molar-refractivity contribution in [3.63, 3.8) is 0 Å². The largest absolute Gasteiger partial charge is 0.505 e. The second-order valence-corrected chi connectivity index (χ2v) is 14.1. The second kappa shape index (κ2) is 11.0. The van der Waals surface area contributed by atoms with Gasteiger partial charge in [-0.1, -0.05) is 77.8 Å². The zero-order valence-electron chi connectivity index (χ0n) is 24.9. The molecule has 236 valence electrons. The summed E-state index contributed by atoms with van der Waals surface area (Å²) in [5.74, 6) is -7.08. The summed E-state index contributed by atoms with van der Waals surface area (Å²) >= 11 is 7.79. The summed E-state index contributed by atoms with van der Waals surface area (Å²) in [6, 6.07) is 23.3. The molecule has 0 radical (unpaired) electrons.